The number of hydrogen-bond donors (Lipinski definition) is 0. The molecule has 0 aliphatic rings. The molecule has 1 rings (SSSR count). The minimum absolute atomic E-state index is 0.0704. The minimum atomic E-state index is -4.54. The number of halogens is 3. The van der Waals surface area contributed by atoms with Gasteiger partial charge in [-0.1, -0.05) is 0 Å². The molecule has 1 unspecified atom stereocenters. The van der Waals surface area contributed by atoms with Gasteiger partial charge in [-0.05, 0) is 25.1 Å². The number of anilines is 1. The maximum atomic E-state index is 12.8. The summed E-state index contributed by atoms with van der Waals surface area (Å²) in [5, 5.41) is 8.72. The Morgan fingerprint density at radius 3 is 2.53 bits per heavy atom. The summed E-state index contributed by atoms with van der Waals surface area (Å²) in [6, 6.07) is 5.17. The fourth-order valence-corrected chi connectivity index (χ4v) is 1.69. The van der Waals surface area contributed by atoms with E-state index < -0.39 is 11.7 Å². The predicted octanol–water partition coefficient (Wildman–Crippen LogP) is 3.05. The van der Waals surface area contributed by atoms with E-state index in [1.807, 2.05) is 6.92 Å². The lowest BCUT2D eigenvalue weighted by Crippen LogP contribution is -2.32. The molecule has 0 fully saturated rings. The first-order chi connectivity index (χ1) is 8.81. The quantitative estimate of drug-likeness (QED) is 0.845. The molecule has 104 valence electrons. The molecule has 1 atom stereocenters. The second kappa shape index (κ2) is 5.93. The monoisotopic (exact) mass is 272 g/mol. The Morgan fingerprint density at radius 1 is 1.42 bits per heavy atom. The number of likely N-dealkylation sites (N-methyl/N-ethyl adjacent to an activating group) is 1. The second-order valence-electron chi connectivity index (χ2n) is 4.25. The van der Waals surface area contributed by atoms with Crippen LogP contribution in [0.15, 0.2) is 18.2 Å². The molecular weight excluding hydrogens is 257 g/mol. The Labute approximate surface area is 110 Å². The van der Waals surface area contributed by atoms with Crippen molar-refractivity contribution in [2.75, 3.05) is 25.7 Å². The Balaban J connectivity index is 3.16. The molecule has 0 aliphatic heterocycles. The summed E-state index contributed by atoms with van der Waals surface area (Å²) < 4.78 is 43.5. The van der Waals surface area contributed by atoms with Gasteiger partial charge in [-0.15, -0.1) is 0 Å². The van der Waals surface area contributed by atoms with Gasteiger partial charge in [0.25, 0.3) is 0 Å². The summed E-state index contributed by atoms with van der Waals surface area (Å²) in [6.07, 6.45) is -4.54. The number of benzene rings is 1. The molecule has 0 heterocycles. The molecule has 0 saturated heterocycles. The van der Waals surface area contributed by atoms with Crippen LogP contribution in [0.5, 0.6) is 0 Å². The van der Waals surface area contributed by atoms with Gasteiger partial charge in [0.05, 0.1) is 23.8 Å². The van der Waals surface area contributed by atoms with E-state index >= 15 is 0 Å². The number of rotatable bonds is 4. The highest BCUT2D eigenvalue weighted by Crippen LogP contribution is 2.34. The molecule has 1 aromatic rings. The van der Waals surface area contributed by atoms with Crippen LogP contribution in [0.25, 0.3) is 0 Å². The molecule has 0 radical (unpaired) electrons. The topological polar surface area (TPSA) is 36.3 Å². The van der Waals surface area contributed by atoms with E-state index in [2.05, 4.69) is 0 Å². The zero-order valence-electron chi connectivity index (χ0n) is 11.0. The predicted molar refractivity (Wildman–Crippen MR) is 65.9 cm³/mol. The Bertz CT molecular complexity index is 480. The smallest absolute Gasteiger partial charge is 0.383 e. The SMILES string of the molecule is COCC(C)N(C)c1ccc(C#N)c(C(F)(F)F)c1. The van der Waals surface area contributed by atoms with Crippen molar-refractivity contribution in [1.82, 2.24) is 0 Å². The van der Waals surface area contributed by atoms with Crippen LogP contribution in [0.4, 0.5) is 18.9 Å². The van der Waals surface area contributed by atoms with Gasteiger partial charge in [-0.25, -0.2) is 0 Å². The number of hydrogen-bond acceptors (Lipinski definition) is 3. The Morgan fingerprint density at radius 2 is 2.05 bits per heavy atom. The van der Waals surface area contributed by atoms with E-state index in [0.29, 0.717) is 12.3 Å². The normalized spacial score (nSPS) is 12.9. The van der Waals surface area contributed by atoms with Gasteiger partial charge in [0.15, 0.2) is 0 Å². The fourth-order valence-electron chi connectivity index (χ4n) is 1.69. The highest BCUT2D eigenvalue weighted by molar-refractivity contribution is 5.54. The van der Waals surface area contributed by atoms with Crippen molar-refractivity contribution >= 4 is 5.69 Å². The van der Waals surface area contributed by atoms with E-state index in [-0.39, 0.29) is 11.6 Å². The summed E-state index contributed by atoms with van der Waals surface area (Å²) >= 11 is 0. The van der Waals surface area contributed by atoms with Gasteiger partial charge in [0, 0.05) is 25.9 Å². The highest BCUT2D eigenvalue weighted by atomic mass is 19.4. The molecule has 6 heteroatoms. The van der Waals surface area contributed by atoms with Gasteiger partial charge in [0.1, 0.15) is 0 Å². The lowest BCUT2D eigenvalue weighted by molar-refractivity contribution is -0.137. The first-order valence-electron chi connectivity index (χ1n) is 5.64. The largest absolute Gasteiger partial charge is 0.417 e. The fraction of sp³-hybridized carbons (Fsp3) is 0.462. The van der Waals surface area contributed by atoms with Crippen molar-refractivity contribution in [2.45, 2.75) is 19.1 Å². The zero-order chi connectivity index (χ0) is 14.6. The molecule has 3 nitrogen and oxygen atoms in total. The number of alkyl halides is 3. The van der Waals surface area contributed by atoms with Gasteiger partial charge in [-0.3, -0.25) is 0 Å². The number of nitrogens with zero attached hydrogens (tertiary/aromatic N) is 2. The minimum Gasteiger partial charge on any atom is -0.383 e. The maximum absolute atomic E-state index is 12.8. The molecular formula is C13H15F3N2O. The van der Waals surface area contributed by atoms with Crippen molar-refractivity contribution in [3.63, 3.8) is 0 Å². The maximum Gasteiger partial charge on any atom is 0.417 e. The number of nitriles is 1. The van der Waals surface area contributed by atoms with Crippen LogP contribution in [0.1, 0.15) is 18.1 Å². The van der Waals surface area contributed by atoms with Gasteiger partial charge < -0.3 is 9.64 Å². The van der Waals surface area contributed by atoms with Crippen LogP contribution in [0, 0.1) is 11.3 Å². The molecule has 0 bridgehead atoms. The average molecular weight is 272 g/mol. The second-order valence-corrected chi connectivity index (χ2v) is 4.25. The van der Waals surface area contributed by atoms with E-state index in [0.717, 1.165) is 6.07 Å². The summed E-state index contributed by atoms with van der Waals surface area (Å²) in [4.78, 5) is 1.68. The van der Waals surface area contributed by atoms with E-state index in [1.165, 1.54) is 19.2 Å². The van der Waals surface area contributed by atoms with E-state index in [4.69, 9.17) is 10.00 Å². The number of methoxy groups -OCH3 is 1. The first kappa shape index (κ1) is 15.3. The molecule has 0 spiro atoms. The van der Waals surface area contributed by atoms with E-state index in [1.54, 1.807) is 18.0 Å². The molecule has 19 heavy (non-hydrogen) atoms. The molecule has 0 N–H and O–H groups in total. The van der Waals surface area contributed by atoms with Crippen LogP contribution in [-0.2, 0) is 10.9 Å². The molecule has 0 aromatic heterocycles. The zero-order valence-corrected chi connectivity index (χ0v) is 11.0. The standard InChI is InChI=1S/C13H15F3N2O/c1-9(8-19-3)18(2)11-5-4-10(7-17)12(6-11)13(14,15)16/h4-6,9H,8H2,1-3H3. The van der Waals surface area contributed by atoms with Crippen LogP contribution < -0.4 is 4.90 Å². The Kier molecular flexibility index (Phi) is 4.78. The van der Waals surface area contributed by atoms with Crippen LogP contribution in [-0.4, -0.2) is 26.8 Å². The molecule has 1 aromatic carbocycles. The molecule has 0 saturated carbocycles. The van der Waals surface area contributed by atoms with Crippen molar-refractivity contribution in [1.29, 1.82) is 5.26 Å². The van der Waals surface area contributed by atoms with Crippen molar-refractivity contribution < 1.29 is 17.9 Å². The number of ether oxygens (including phenoxy) is 1. The van der Waals surface area contributed by atoms with Gasteiger partial charge >= 0.3 is 6.18 Å². The summed E-state index contributed by atoms with van der Waals surface area (Å²) in [6.45, 7) is 2.24. The molecule has 0 amide bonds. The van der Waals surface area contributed by atoms with Gasteiger partial charge in [0.2, 0.25) is 0 Å². The van der Waals surface area contributed by atoms with Crippen molar-refractivity contribution in [3.8, 4) is 6.07 Å². The van der Waals surface area contributed by atoms with Gasteiger partial charge in [-0.2, -0.15) is 18.4 Å². The van der Waals surface area contributed by atoms with Crippen molar-refractivity contribution in [2.24, 2.45) is 0 Å². The Hall–Kier alpha value is -1.74. The lowest BCUT2D eigenvalue weighted by atomic mass is 10.1. The summed E-state index contributed by atoms with van der Waals surface area (Å²) in [5.41, 5.74) is -0.885. The van der Waals surface area contributed by atoms with E-state index in [9.17, 15) is 13.2 Å². The summed E-state index contributed by atoms with van der Waals surface area (Å²) in [7, 11) is 3.22. The first-order valence-corrected chi connectivity index (χ1v) is 5.64. The third-order valence-corrected chi connectivity index (χ3v) is 2.91. The summed E-state index contributed by atoms with van der Waals surface area (Å²) in [5.74, 6) is 0. The van der Waals surface area contributed by atoms with Crippen LogP contribution >= 0.6 is 0 Å². The van der Waals surface area contributed by atoms with Crippen LogP contribution in [0.3, 0.4) is 0 Å². The van der Waals surface area contributed by atoms with Crippen LogP contribution in [0.2, 0.25) is 0 Å². The lowest BCUT2D eigenvalue weighted by Gasteiger charge is -2.27. The highest BCUT2D eigenvalue weighted by Gasteiger charge is 2.34. The molecule has 0 aliphatic carbocycles. The third-order valence-electron chi connectivity index (χ3n) is 2.91. The third kappa shape index (κ3) is 3.61. The average Bonchev–Trinajstić information content (AvgIpc) is 2.36. The van der Waals surface area contributed by atoms with Crippen molar-refractivity contribution in [3.05, 3.63) is 29.3 Å².